The molecular formula is C10H9N11. The van der Waals surface area contributed by atoms with Gasteiger partial charge in [-0.25, -0.2) is 24.3 Å². The van der Waals surface area contributed by atoms with Crippen LogP contribution in [-0.2, 0) is 0 Å². The van der Waals surface area contributed by atoms with Crippen LogP contribution >= 0.6 is 0 Å². The van der Waals surface area contributed by atoms with E-state index in [9.17, 15) is 0 Å². The highest BCUT2D eigenvalue weighted by atomic mass is 15.5. The molecule has 4 heterocycles. The molecule has 0 fully saturated rings. The zero-order valence-corrected chi connectivity index (χ0v) is 10.5. The van der Waals surface area contributed by atoms with Crippen LogP contribution in [0.25, 0.3) is 22.3 Å². The van der Waals surface area contributed by atoms with Gasteiger partial charge in [0.15, 0.2) is 22.6 Å². The standard InChI is InChI=1S/C10H9N11/c11-6-5-8(19-10(13)17-6)21(3-16-5)20-2-15-4-1-14-9(12)18-7(4)20/h1-3H,(H2,12,14,18)(H4,11,13,17,19). The van der Waals surface area contributed by atoms with E-state index in [1.807, 2.05) is 0 Å². The number of rotatable bonds is 1. The highest BCUT2D eigenvalue weighted by Crippen LogP contribution is 2.19. The van der Waals surface area contributed by atoms with Crippen molar-refractivity contribution in [1.82, 2.24) is 39.3 Å². The van der Waals surface area contributed by atoms with E-state index in [0.717, 1.165) is 0 Å². The molecule has 0 aliphatic carbocycles. The third-order valence-corrected chi connectivity index (χ3v) is 2.95. The average Bonchev–Trinajstić information content (AvgIpc) is 3.01. The summed E-state index contributed by atoms with van der Waals surface area (Å²) in [4.78, 5) is 24.4. The molecule has 11 heteroatoms. The summed E-state index contributed by atoms with van der Waals surface area (Å²) >= 11 is 0. The fourth-order valence-electron chi connectivity index (χ4n) is 2.05. The van der Waals surface area contributed by atoms with Gasteiger partial charge >= 0.3 is 0 Å². The van der Waals surface area contributed by atoms with Crippen molar-refractivity contribution in [3.63, 3.8) is 0 Å². The lowest BCUT2D eigenvalue weighted by Crippen LogP contribution is -2.10. The summed E-state index contributed by atoms with van der Waals surface area (Å²) in [6.45, 7) is 0. The maximum absolute atomic E-state index is 5.78. The van der Waals surface area contributed by atoms with E-state index in [1.165, 1.54) is 12.5 Å². The summed E-state index contributed by atoms with van der Waals surface area (Å²) in [5.74, 6) is 0.400. The van der Waals surface area contributed by atoms with E-state index in [-0.39, 0.29) is 17.7 Å². The van der Waals surface area contributed by atoms with Gasteiger partial charge in [0, 0.05) is 0 Å². The summed E-state index contributed by atoms with van der Waals surface area (Å²) in [6, 6.07) is 0. The molecule has 0 aliphatic heterocycles. The molecule has 0 saturated heterocycles. The van der Waals surface area contributed by atoms with Crippen LogP contribution in [0.1, 0.15) is 0 Å². The van der Waals surface area contributed by atoms with Crippen LogP contribution in [-0.4, -0.2) is 39.3 Å². The highest BCUT2D eigenvalue weighted by Gasteiger charge is 2.14. The number of imidazole rings is 2. The second kappa shape index (κ2) is 3.75. The lowest BCUT2D eigenvalue weighted by Gasteiger charge is -2.05. The topological polar surface area (TPSA) is 165 Å². The zero-order valence-electron chi connectivity index (χ0n) is 10.5. The van der Waals surface area contributed by atoms with Crippen LogP contribution in [0, 0.1) is 0 Å². The van der Waals surface area contributed by atoms with Gasteiger partial charge in [0.2, 0.25) is 11.9 Å². The van der Waals surface area contributed by atoms with E-state index in [1.54, 1.807) is 15.7 Å². The Morgan fingerprint density at radius 1 is 0.762 bits per heavy atom. The Morgan fingerprint density at radius 3 is 2.33 bits per heavy atom. The molecule has 104 valence electrons. The van der Waals surface area contributed by atoms with Crippen LogP contribution in [0.15, 0.2) is 18.9 Å². The number of hydrogen-bond acceptors (Lipinski definition) is 9. The summed E-state index contributed by atoms with van der Waals surface area (Å²) in [5, 5.41) is 0. The molecule has 0 radical (unpaired) electrons. The van der Waals surface area contributed by atoms with Gasteiger partial charge in [-0.05, 0) is 0 Å². The molecule has 0 atom stereocenters. The molecule has 0 aliphatic rings. The van der Waals surface area contributed by atoms with Gasteiger partial charge < -0.3 is 17.2 Å². The molecular weight excluding hydrogens is 274 g/mol. The first-order valence-electron chi connectivity index (χ1n) is 5.86. The number of anilines is 3. The maximum atomic E-state index is 5.78. The summed E-state index contributed by atoms with van der Waals surface area (Å²) in [5.41, 5.74) is 19.0. The Bertz CT molecular complexity index is 981. The van der Waals surface area contributed by atoms with Gasteiger partial charge in [0.1, 0.15) is 18.2 Å². The number of nitrogens with two attached hydrogens (primary N) is 3. The predicted octanol–water partition coefficient (Wildman–Crippen LogP) is -0.976. The normalized spacial score (nSPS) is 11.4. The van der Waals surface area contributed by atoms with Crippen LogP contribution in [0.5, 0.6) is 0 Å². The van der Waals surface area contributed by atoms with Gasteiger partial charge in [0.05, 0.1) is 6.20 Å². The highest BCUT2D eigenvalue weighted by molar-refractivity contribution is 5.83. The molecule has 0 aromatic carbocycles. The average molecular weight is 283 g/mol. The lowest BCUT2D eigenvalue weighted by molar-refractivity contribution is 0.688. The number of nitrogens with zero attached hydrogens (tertiary/aromatic N) is 8. The fourth-order valence-corrected chi connectivity index (χ4v) is 2.05. The Kier molecular flexibility index (Phi) is 2.03. The van der Waals surface area contributed by atoms with Crippen molar-refractivity contribution in [2.75, 3.05) is 17.2 Å². The largest absolute Gasteiger partial charge is 0.382 e. The molecule has 0 unspecified atom stereocenters. The monoisotopic (exact) mass is 283 g/mol. The molecule has 11 nitrogen and oxygen atoms in total. The van der Waals surface area contributed by atoms with Gasteiger partial charge in [-0.2, -0.15) is 15.0 Å². The lowest BCUT2D eigenvalue weighted by atomic mass is 10.5. The van der Waals surface area contributed by atoms with E-state index < -0.39 is 0 Å². The molecule has 4 aromatic rings. The smallest absolute Gasteiger partial charge is 0.224 e. The molecule has 21 heavy (non-hydrogen) atoms. The minimum absolute atomic E-state index is 0.0558. The van der Waals surface area contributed by atoms with Gasteiger partial charge in [-0.3, -0.25) is 0 Å². The summed E-state index contributed by atoms with van der Waals surface area (Å²) in [6.07, 6.45) is 4.61. The zero-order chi connectivity index (χ0) is 14.6. The van der Waals surface area contributed by atoms with Gasteiger partial charge in [-0.1, -0.05) is 0 Å². The minimum Gasteiger partial charge on any atom is -0.382 e. The third kappa shape index (κ3) is 1.54. The van der Waals surface area contributed by atoms with E-state index >= 15 is 0 Å². The first-order valence-corrected chi connectivity index (χ1v) is 5.86. The second-order valence-electron chi connectivity index (χ2n) is 4.25. The van der Waals surface area contributed by atoms with Crippen LogP contribution < -0.4 is 17.2 Å². The van der Waals surface area contributed by atoms with Crippen molar-refractivity contribution in [2.45, 2.75) is 0 Å². The van der Waals surface area contributed by atoms with E-state index in [4.69, 9.17) is 17.2 Å². The Morgan fingerprint density at radius 2 is 1.48 bits per heavy atom. The summed E-state index contributed by atoms with van der Waals surface area (Å²) < 4.78 is 3.22. The van der Waals surface area contributed by atoms with Crippen molar-refractivity contribution in [1.29, 1.82) is 0 Å². The first-order chi connectivity index (χ1) is 10.1. The van der Waals surface area contributed by atoms with Crippen molar-refractivity contribution >= 4 is 40.0 Å². The number of nitrogen functional groups attached to an aromatic ring is 3. The van der Waals surface area contributed by atoms with Crippen molar-refractivity contribution < 1.29 is 0 Å². The Balaban J connectivity index is 2.07. The second-order valence-corrected chi connectivity index (χ2v) is 4.25. The minimum atomic E-state index is 0.0558. The van der Waals surface area contributed by atoms with Crippen molar-refractivity contribution in [3.8, 4) is 0 Å². The molecule has 0 saturated carbocycles. The maximum Gasteiger partial charge on any atom is 0.224 e. The van der Waals surface area contributed by atoms with E-state index in [2.05, 4.69) is 29.9 Å². The first kappa shape index (κ1) is 11.3. The van der Waals surface area contributed by atoms with Crippen LogP contribution in [0.3, 0.4) is 0 Å². The quantitative estimate of drug-likeness (QED) is 0.398. The third-order valence-electron chi connectivity index (χ3n) is 2.95. The SMILES string of the molecule is Nc1ncc2ncn(-n3cnc4c(N)nc(N)nc43)c2n1. The van der Waals surface area contributed by atoms with Crippen LogP contribution in [0.2, 0.25) is 0 Å². The van der Waals surface area contributed by atoms with Gasteiger partial charge in [0.25, 0.3) is 0 Å². The number of aromatic nitrogens is 8. The Labute approximate surface area is 116 Å². The summed E-state index contributed by atoms with van der Waals surface area (Å²) in [7, 11) is 0. The van der Waals surface area contributed by atoms with Crippen molar-refractivity contribution in [2.24, 2.45) is 0 Å². The number of fused-ring (bicyclic) bond motifs is 2. The van der Waals surface area contributed by atoms with E-state index in [0.29, 0.717) is 22.3 Å². The molecule has 4 aromatic heterocycles. The fraction of sp³-hybridized carbons (Fsp3) is 0. The number of hydrogen-bond donors (Lipinski definition) is 3. The molecule has 0 bridgehead atoms. The Hall–Kier alpha value is -3.50. The molecule has 0 amide bonds. The van der Waals surface area contributed by atoms with Crippen molar-refractivity contribution in [3.05, 3.63) is 18.9 Å². The van der Waals surface area contributed by atoms with Gasteiger partial charge in [-0.15, -0.1) is 0 Å². The molecule has 0 spiro atoms. The van der Waals surface area contributed by atoms with Crippen LogP contribution in [0.4, 0.5) is 17.7 Å². The molecule has 4 rings (SSSR count). The predicted molar refractivity (Wildman–Crippen MR) is 74.7 cm³/mol. The molecule has 6 N–H and O–H groups in total.